The zero-order chi connectivity index (χ0) is 14.8. The fraction of sp³-hybridized carbons (Fsp3) is 0.857. The van der Waals surface area contributed by atoms with Gasteiger partial charge in [-0.3, -0.25) is 9.59 Å². The van der Waals surface area contributed by atoms with Gasteiger partial charge in [0, 0.05) is 6.42 Å². The van der Waals surface area contributed by atoms with Crippen molar-refractivity contribution in [2.45, 2.75) is 57.7 Å². The summed E-state index contributed by atoms with van der Waals surface area (Å²) in [5, 5.41) is 0. The van der Waals surface area contributed by atoms with E-state index in [2.05, 4.69) is 0 Å². The van der Waals surface area contributed by atoms with Gasteiger partial charge in [-0.15, -0.1) is 0 Å². The van der Waals surface area contributed by atoms with Gasteiger partial charge in [-0.2, -0.15) is 0 Å². The summed E-state index contributed by atoms with van der Waals surface area (Å²) in [4.78, 5) is 24.4. The summed E-state index contributed by atoms with van der Waals surface area (Å²) in [7, 11) is 0. The predicted octanol–water partition coefficient (Wildman–Crippen LogP) is 1.21. The Hall–Kier alpha value is -0.820. The fourth-order valence-electron chi connectivity index (χ4n) is 2.39. The molecule has 0 bridgehead atoms. The zero-order valence-electron chi connectivity index (χ0n) is 12.3. The molecule has 0 aromatic heterocycles. The number of carbonyl (C=O) groups excluding carboxylic acids is 2. The van der Waals surface area contributed by atoms with Crippen LogP contribution in [-0.2, 0) is 28.5 Å². The standard InChI is InChI=1S/C14H22O6/c1-4-14(17-6-5-7-18-14)12(16)8-10(15)11-9-19-13(2,3)20-11/h11H,4-9H2,1-3H3. The van der Waals surface area contributed by atoms with Crippen molar-refractivity contribution >= 4 is 11.6 Å². The molecule has 2 aliphatic rings. The molecule has 114 valence electrons. The molecule has 0 N–H and O–H groups in total. The van der Waals surface area contributed by atoms with E-state index in [1.54, 1.807) is 13.8 Å². The van der Waals surface area contributed by atoms with Crippen LogP contribution in [-0.4, -0.2) is 49.1 Å². The van der Waals surface area contributed by atoms with E-state index in [0.717, 1.165) is 6.42 Å². The third-order valence-electron chi connectivity index (χ3n) is 3.55. The molecule has 2 fully saturated rings. The Morgan fingerprint density at radius 3 is 2.30 bits per heavy atom. The molecule has 0 aromatic rings. The Labute approximate surface area is 118 Å². The first kappa shape index (κ1) is 15.6. The van der Waals surface area contributed by atoms with Crippen LogP contribution in [0.5, 0.6) is 0 Å². The maximum absolute atomic E-state index is 12.3. The van der Waals surface area contributed by atoms with Crippen LogP contribution >= 0.6 is 0 Å². The van der Waals surface area contributed by atoms with E-state index in [0.29, 0.717) is 19.6 Å². The summed E-state index contributed by atoms with van der Waals surface area (Å²) in [6.07, 6.45) is 0.216. The van der Waals surface area contributed by atoms with Gasteiger partial charge in [-0.05, 0) is 20.3 Å². The monoisotopic (exact) mass is 286 g/mol. The van der Waals surface area contributed by atoms with Gasteiger partial charge in [-0.25, -0.2) is 0 Å². The van der Waals surface area contributed by atoms with Crippen molar-refractivity contribution in [3.05, 3.63) is 0 Å². The minimum Gasteiger partial charge on any atom is -0.347 e. The van der Waals surface area contributed by atoms with Gasteiger partial charge in [0.2, 0.25) is 5.79 Å². The number of ketones is 2. The van der Waals surface area contributed by atoms with Crippen molar-refractivity contribution in [3.8, 4) is 0 Å². The highest BCUT2D eigenvalue weighted by molar-refractivity contribution is 6.04. The lowest BCUT2D eigenvalue weighted by atomic mass is 10.0. The number of carbonyl (C=O) groups is 2. The second kappa shape index (κ2) is 5.89. The second-order valence-corrected chi connectivity index (χ2v) is 5.54. The SMILES string of the molecule is CCC1(C(=O)CC(=O)C2COC(C)(C)O2)OCCCO1. The van der Waals surface area contributed by atoms with Gasteiger partial charge in [0.25, 0.3) is 0 Å². The van der Waals surface area contributed by atoms with Gasteiger partial charge in [-0.1, -0.05) is 6.92 Å². The van der Waals surface area contributed by atoms with Gasteiger partial charge < -0.3 is 18.9 Å². The molecule has 0 aromatic carbocycles. The van der Waals surface area contributed by atoms with Crippen LogP contribution in [0.1, 0.15) is 40.0 Å². The van der Waals surface area contributed by atoms with Gasteiger partial charge in [0.1, 0.15) is 6.10 Å². The quantitative estimate of drug-likeness (QED) is 0.707. The maximum atomic E-state index is 12.3. The van der Waals surface area contributed by atoms with E-state index < -0.39 is 17.7 Å². The molecule has 0 radical (unpaired) electrons. The van der Waals surface area contributed by atoms with Crippen LogP contribution in [0.15, 0.2) is 0 Å². The molecule has 6 heteroatoms. The summed E-state index contributed by atoms with van der Waals surface area (Å²) in [6.45, 7) is 6.42. The molecule has 20 heavy (non-hydrogen) atoms. The molecule has 2 saturated heterocycles. The van der Waals surface area contributed by atoms with Crippen molar-refractivity contribution < 1.29 is 28.5 Å². The lowest BCUT2D eigenvalue weighted by Crippen LogP contribution is -2.48. The third kappa shape index (κ3) is 3.25. The lowest BCUT2D eigenvalue weighted by molar-refractivity contribution is -0.253. The van der Waals surface area contributed by atoms with E-state index in [1.807, 2.05) is 6.92 Å². The largest absolute Gasteiger partial charge is 0.347 e. The Balaban J connectivity index is 1.95. The average molecular weight is 286 g/mol. The molecule has 0 saturated carbocycles. The van der Waals surface area contributed by atoms with E-state index in [9.17, 15) is 9.59 Å². The van der Waals surface area contributed by atoms with Crippen LogP contribution in [0.4, 0.5) is 0 Å². The molecular weight excluding hydrogens is 264 g/mol. The summed E-state index contributed by atoms with van der Waals surface area (Å²) in [6, 6.07) is 0. The van der Waals surface area contributed by atoms with Crippen molar-refractivity contribution in [1.82, 2.24) is 0 Å². The lowest BCUT2D eigenvalue weighted by Gasteiger charge is -2.34. The molecular formula is C14H22O6. The molecule has 2 heterocycles. The Kier molecular flexibility index (Phi) is 4.59. The first-order valence-corrected chi connectivity index (χ1v) is 7.04. The number of ether oxygens (including phenoxy) is 4. The molecule has 0 spiro atoms. The highest BCUT2D eigenvalue weighted by Gasteiger charge is 2.44. The highest BCUT2D eigenvalue weighted by atomic mass is 16.7. The molecule has 1 atom stereocenters. The van der Waals surface area contributed by atoms with Gasteiger partial charge >= 0.3 is 0 Å². The molecule has 6 nitrogen and oxygen atoms in total. The summed E-state index contributed by atoms with van der Waals surface area (Å²) in [5.41, 5.74) is 0. The molecule has 2 aliphatic heterocycles. The normalized spacial score (nSPS) is 28.2. The Morgan fingerprint density at radius 2 is 1.80 bits per heavy atom. The number of hydrogen-bond donors (Lipinski definition) is 0. The van der Waals surface area contributed by atoms with Crippen LogP contribution in [0.25, 0.3) is 0 Å². The number of hydrogen-bond acceptors (Lipinski definition) is 6. The predicted molar refractivity (Wildman–Crippen MR) is 69.1 cm³/mol. The first-order chi connectivity index (χ1) is 9.38. The Morgan fingerprint density at radius 1 is 1.15 bits per heavy atom. The summed E-state index contributed by atoms with van der Waals surface area (Å²) < 4.78 is 21.8. The molecule has 1 unspecified atom stereocenters. The van der Waals surface area contributed by atoms with Crippen LogP contribution < -0.4 is 0 Å². The van der Waals surface area contributed by atoms with Crippen molar-refractivity contribution in [2.24, 2.45) is 0 Å². The van der Waals surface area contributed by atoms with Crippen LogP contribution in [0, 0.1) is 0 Å². The van der Waals surface area contributed by atoms with E-state index in [4.69, 9.17) is 18.9 Å². The first-order valence-electron chi connectivity index (χ1n) is 7.04. The van der Waals surface area contributed by atoms with Gasteiger partial charge in [0.15, 0.2) is 17.4 Å². The average Bonchev–Trinajstić information content (AvgIpc) is 2.80. The minimum absolute atomic E-state index is 0.181. The van der Waals surface area contributed by atoms with Gasteiger partial charge in [0.05, 0.1) is 26.2 Å². The fourth-order valence-corrected chi connectivity index (χ4v) is 2.39. The topological polar surface area (TPSA) is 71.1 Å². The summed E-state index contributed by atoms with van der Waals surface area (Å²) >= 11 is 0. The molecule has 2 rings (SSSR count). The number of rotatable bonds is 5. The van der Waals surface area contributed by atoms with Crippen LogP contribution in [0.3, 0.4) is 0 Å². The van der Waals surface area contributed by atoms with Crippen molar-refractivity contribution in [3.63, 3.8) is 0 Å². The van der Waals surface area contributed by atoms with E-state index in [1.165, 1.54) is 0 Å². The van der Waals surface area contributed by atoms with E-state index in [-0.39, 0.29) is 24.6 Å². The molecule has 0 amide bonds. The zero-order valence-corrected chi connectivity index (χ0v) is 12.3. The molecule has 0 aliphatic carbocycles. The van der Waals surface area contributed by atoms with E-state index >= 15 is 0 Å². The minimum atomic E-state index is -1.26. The third-order valence-corrected chi connectivity index (χ3v) is 3.55. The number of Topliss-reactive ketones (excluding diaryl/α,β-unsaturated/α-hetero) is 2. The summed E-state index contributed by atoms with van der Waals surface area (Å²) in [5.74, 6) is -2.66. The van der Waals surface area contributed by atoms with Crippen molar-refractivity contribution in [1.29, 1.82) is 0 Å². The highest BCUT2D eigenvalue weighted by Crippen LogP contribution is 2.27. The maximum Gasteiger partial charge on any atom is 0.229 e. The second-order valence-electron chi connectivity index (χ2n) is 5.54. The van der Waals surface area contributed by atoms with Crippen molar-refractivity contribution in [2.75, 3.05) is 19.8 Å². The Bertz CT molecular complexity index is 383. The van der Waals surface area contributed by atoms with Crippen LogP contribution in [0.2, 0.25) is 0 Å². The smallest absolute Gasteiger partial charge is 0.229 e.